The molecule has 1 spiro atoms. The second-order valence-electron chi connectivity index (χ2n) is 6.42. The Balaban J connectivity index is 1.49. The lowest BCUT2D eigenvalue weighted by atomic mass is 10.0. The Morgan fingerprint density at radius 2 is 2.09 bits per heavy atom. The Morgan fingerprint density at radius 1 is 1.35 bits per heavy atom. The summed E-state index contributed by atoms with van der Waals surface area (Å²) in [6.45, 7) is -1.17. The predicted octanol–water partition coefficient (Wildman–Crippen LogP) is 3.22. The van der Waals surface area contributed by atoms with E-state index in [1.165, 1.54) is 18.9 Å². The number of hydrogen-bond acceptors (Lipinski definition) is 3. The van der Waals surface area contributed by atoms with Gasteiger partial charge in [0, 0.05) is 12.0 Å². The van der Waals surface area contributed by atoms with E-state index in [0.717, 1.165) is 19.3 Å². The minimum Gasteiger partial charge on any atom is -0.468 e. The highest BCUT2D eigenvalue weighted by atomic mass is 19.4. The number of aromatic nitrogens is 1. The minimum atomic E-state index is -4.40. The molecule has 0 aliphatic heterocycles. The molecule has 1 heterocycles. The third-order valence-corrected chi connectivity index (χ3v) is 4.71. The van der Waals surface area contributed by atoms with Crippen molar-refractivity contribution in [1.82, 2.24) is 10.3 Å². The first-order valence-corrected chi connectivity index (χ1v) is 7.81. The second-order valence-corrected chi connectivity index (χ2v) is 6.42. The lowest BCUT2D eigenvalue weighted by molar-refractivity contribution is -0.154. The van der Waals surface area contributed by atoms with Crippen LogP contribution in [0.4, 0.5) is 13.2 Å². The molecule has 1 aromatic heterocycles. The summed E-state index contributed by atoms with van der Waals surface area (Å²) < 4.78 is 41.0. The van der Waals surface area contributed by atoms with Crippen LogP contribution in [-0.4, -0.2) is 23.7 Å². The van der Waals surface area contributed by atoms with Gasteiger partial charge in [0.25, 0.3) is 0 Å². The van der Waals surface area contributed by atoms with Crippen molar-refractivity contribution in [2.45, 2.75) is 44.8 Å². The number of pyridine rings is 1. The van der Waals surface area contributed by atoms with Crippen molar-refractivity contribution in [3.8, 4) is 5.88 Å². The Morgan fingerprint density at radius 3 is 2.78 bits per heavy atom. The molecular weight excluding hydrogens is 309 g/mol. The van der Waals surface area contributed by atoms with Crippen LogP contribution >= 0.6 is 0 Å². The molecule has 4 nitrogen and oxygen atoms in total. The molecular formula is C16H19F3N2O2. The number of hydrogen-bond donors (Lipinski definition) is 1. The van der Waals surface area contributed by atoms with Gasteiger partial charge < -0.3 is 10.1 Å². The number of halogens is 3. The van der Waals surface area contributed by atoms with E-state index in [2.05, 4.69) is 15.0 Å². The molecule has 23 heavy (non-hydrogen) atoms. The molecule has 126 valence electrons. The van der Waals surface area contributed by atoms with Crippen LogP contribution in [0.3, 0.4) is 0 Å². The molecule has 1 N–H and O–H groups in total. The molecule has 1 amide bonds. The molecule has 3 rings (SSSR count). The van der Waals surface area contributed by atoms with Gasteiger partial charge in [-0.2, -0.15) is 13.2 Å². The van der Waals surface area contributed by atoms with E-state index in [1.807, 2.05) is 0 Å². The molecule has 1 aromatic rings. The average molecular weight is 328 g/mol. The normalized spacial score (nSPS) is 22.1. The molecule has 0 bridgehead atoms. The van der Waals surface area contributed by atoms with Crippen LogP contribution in [0.25, 0.3) is 0 Å². The van der Waals surface area contributed by atoms with Gasteiger partial charge in [-0.1, -0.05) is 18.9 Å². The zero-order valence-electron chi connectivity index (χ0n) is 12.7. The Hall–Kier alpha value is -1.79. The monoisotopic (exact) mass is 328 g/mol. The van der Waals surface area contributed by atoms with Crippen molar-refractivity contribution in [1.29, 1.82) is 0 Å². The lowest BCUT2D eigenvalue weighted by Crippen LogP contribution is -2.27. The van der Waals surface area contributed by atoms with E-state index in [1.54, 1.807) is 12.1 Å². The van der Waals surface area contributed by atoms with E-state index in [0.29, 0.717) is 5.69 Å². The smallest absolute Gasteiger partial charge is 0.422 e. The number of carbonyl (C=O) groups excluding carboxylic acids is 1. The minimum absolute atomic E-state index is 0.0234. The van der Waals surface area contributed by atoms with Crippen molar-refractivity contribution < 1.29 is 22.7 Å². The van der Waals surface area contributed by atoms with Gasteiger partial charge in [-0.15, -0.1) is 0 Å². The van der Waals surface area contributed by atoms with Gasteiger partial charge >= 0.3 is 6.18 Å². The van der Waals surface area contributed by atoms with Crippen LogP contribution in [-0.2, 0) is 11.3 Å². The van der Waals surface area contributed by atoms with Gasteiger partial charge in [0.1, 0.15) is 0 Å². The molecule has 1 unspecified atom stereocenters. The Labute approximate surface area is 132 Å². The van der Waals surface area contributed by atoms with E-state index in [9.17, 15) is 18.0 Å². The summed E-state index contributed by atoms with van der Waals surface area (Å²) >= 11 is 0. The number of nitrogens with zero attached hydrogens (tertiary/aromatic N) is 1. The van der Waals surface area contributed by atoms with Crippen molar-refractivity contribution in [3.63, 3.8) is 0 Å². The summed E-state index contributed by atoms with van der Waals surface area (Å²) in [6.07, 6.45) is 1.22. The number of carbonyl (C=O) groups is 1. The summed E-state index contributed by atoms with van der Waals surface area (Å²) in [4.78, 5) is 16.1. The number of rotatable bonds is 5. The molecule has 0 aromatic carbocycles. The number of amides is 1. The predicted molar refractivity (Wildman–Crippen MR) is 76.6 cm³/mol. The van der Waals surface area contributed by atoms with Gasteiger partial charge in [-0.3, -0.25) is 4.79 Å². The van der Waals surface area contributed by atoms with Crippen LogP contribution < -0.4 is 10.1 Å². The highest BCUT2D eigenvalue weighted by molar-refractivity contribution is 5.82. The van der Waals surface area contributed by atoms with E-state index in [4.69, 9.17) is 0 Å². The highest BCUT2D eigenvalue weighted by Gasteiger charge is 2.58. The van der Waals surface area contributed by atoms with Gasteiger partial charge in [-0.25, -0.2) is 4.98 Å². The molecule has 2 aliphatic carbocycles. The maximum absolute atomic E-state index is 12.2. The zero-order chi connectivity index (χ0) is 16.5. The van der Waals surface area contributed by atoms with Crippen LogP contribution in [0, 0.1) is 11.3 Å². The van der Waals surface area contributed by atoms with Gasteiger partial charge in [-0.05, 0) is 30.7 Å². The standard InChI is InChI=1S/C16H19F3N2O2/c17-16(18,19)10-23-13-5-3-4-11(21-13)9-20-14(22)12-8-15(12)6-1-2-7-15/h3-5,12H,1-2,6-10H2,(H,20,22). The van der Waals surface area contributed by atoms with Crippen LogP contribution in [0.2, 0.25) is 0 Å². The maximum Gasteiger partial charge on any atom is 0.422 e. The third kappa shape index (κ3) is 3.95. The summed E-state index contributed by atoms with van der Waals surface area (Å²) in [5.74, 6) is 0.0257. The topological polar surface area (TPSA) is 51.2 Å². The zero-order valence-corrected chi connectivity index (χ0v) is 12.7. The van der Waals surface area contributed by atoms with Crippen molar-refractivity contribution in [2.24, 2.45) is 11.3 Å². The molecule has 2 saturated carbocycles. The summed E-state index contributed by atoms with van der Waals surface area (Å²) in [6, 6.07) is 4.58. The third-order valence-electron chi connectivity index (χ3n) is 4.71. The molecule has 1 atom stereocenters. The van der Waals surface area contributed by atoms with Crippen LogP contribution in [0.1, 0.15) is 37.8 Å². The SMILES string of the molecule is O=C(NCc1cccc(OCC(F)(F)F)n1)C1CC12CCCC2. The second kappa shape index (κ2) is 6.02. The van der Waals surface area contributed by atoms with Crippen molar-refractivity contribution >= 4 is 5.91 Å². The van der Waals surface area contributed by atoms with E-state index < -0.39 is 12.8 Å². The largest absolute Gasteiger partial charge is 0.468 e. The van der Waals surface area contributed by atoms with Crippen molar-refractivity contribution in [2.75, 3.05) is 6.61 Å². The molecule has 7 heteroatoms. The fourth-order valence-corrected chi connectivity index (χ4v) is 3.44. The Bertz CT molecular complexity index is 583. The summed E-state index contributed by atoms with van der Waals surface area (Å²) in [5, 5.41) is 2.83. The van der Waals surface area contributed by atoms with Gasteiger partial charge in [0.15, 0.2) is 6.61 Å². The number of alkyl halides is 3. The van der Waals surface area contributed by atoms with E-state index >= 15 is 0 Å². The average Bonchev–Trinajstić information content (AvgIpc) is 3.00. The molecule has 0 radical (unpaired) electrons. The maximum atomic E-state index is 12.2. The number of nitrogens with one attached hydrogen (secondary N) is 1. The first-order valence-electron chi connectivity index (χ1n) is 7.81. The fraction of sp³-hybridized carbons (Fsp3) is 0.625. The summed E-state index contributed by atoms with van der Waals surface area (Å²) in [7, 11) is 0. The fourth-order valence-electron chi connectivity index (χ4n) is 3.44. The van der Waals surface area contributed by atoms with Crippen LogP contribution in [0.15, 0.2) is 18.2 Å². The summed E-state index contributed by atoms with van der Waals surface area (Å²) in [5.41, 5.74) is 0.717. The van der Waals surface area contributed by atoms with Crippen LogP contribution in [0.5, 0.6) is 5.88 Å². The highest BCUT2D eigenvalue weighted by Crippen LogP contribution is 2.62. The van der Waals surface area contributed by atoms with Crippen molar-refractivity contribution in [3.05, 3.63) is 23.9 Å². The molecule has 2 fully saturated rings. The first-order chi connectivity index (χ1) is 10.9. The quantitative estimate of drug-likeness (QED) is 0.903. The lowest BCUT2D eigenvalue weighted by Gasteiger charge is -2.11. The van der Waals surface area contributed by atoms with Gasteiger partial charge in [0.2, 0.25) is 11.8 Å². The molecule has 0 saturated heterocycles. The first kappa shape index (κ1) is 16.1. The number of ether oxygens (including phenoxy) is 1. The van der Waals surface area contributed by atoms with Gasteiger partial charge in [0.05, 0.1) is 12.2 Å². The molecule has 2 aliphatic rings. The van der Waals surface area contributed by atoms with E-state index in [-0.39, 0.29) is 29.7 Å². The Kier molecular flexibility index (Phi) is 4.21.